The molecule has 3 nitrogen and oxygen atoms in total. The van der Waals surface area contributed by atoms with Gasteiger partial charge in [-0.05, 0) is 42.5 Å². The first-order chi connectivity index (χ1) is 9.24. The van der Waals surface area contributed by atoms with Crippen LogP contribution in [0.1, 0.15) is 53.9 Å². The highest BCUT2D eigenvalue weighted by Crippen LogP contribution is 2.33. The number of carbonyl (C=O) groups is 1. The second-order valence-corrected chi connectivity index (χ2v) is 5.38. The third kappa shape index (κ3) is 2.46. The summed E-state index contributed by atoms with van der Waals surface area (Å²) in [6.45, 7) is 0. The number of amides is 1. The molecule has 1 aromatic heterocycles. The zero-order valence-corrected chi connectivity index (χ0v) is 10.9. The normalized spacial score (nSPS) is 16.6. The monoisotopic (exact) mass is 254 g/mol. The van der Waals surface area contributed by atoms with Crippen molar-refractivity contribution in [1.82, 2.24) is 4.98 Å². The standard InChI is InChI=1S/C16H18N2O/c17-16(19)14-9-13-8-12(6-7-15(13)18-10-14)11-4-2-1-3-5-11/h6-11H,1-5H2,(H2,17,19). The molecule has 2 N–H and O–H groups in total. The molecule has 1 amide bonds. The number of nitrogens with zero attached hydrogens (tertiary/aromatic N) is 1. The van der Waals surface area contributed by atoms with Crippen LogP contribution < -0.4 is 5.73 Å². The Balaban J connectivity index is 2.00. The van der Waals surface area contributed by atoms with E-state index >= 15 is 0 Å². The second-order valence-electron chi connectivity index (χ2n) is 5.38. The van der Waals surface area contributed by atoms with Gasteiger partial charge in [-0.2, -0.15) is 0 Å². The van der Waals surface area contributed by atoms with Gasteiger partial charge in [0.05, 0.1) is 11.1 Å². The molecular weight excluding hydrogens is 236 g/mol. The van der Waals surface area contributed by atoms with Gasteiger partial charge in [0.25, 0.3) is 0 Å². The van der Waals surface area contributed by atoms with Gasteiger partial charge in [-0.25, -0.2) is 0 Å². The number of aromatic nitrogens is 1. The molecule has 0 spiro atoms. The number of nitrogens with two attached hydrogens (primary N) is 1. The van der Waals surface area contributed by atoms with Gasteiger partial charge in [0, 0.05) is 11.6 Å². The summed E-state index contributed by atoms with van der Waals surface area (Å²) < 4.78 is 0. The van der Waals surface area contributed by atoms with Crippen LogP contribution in [-0.4, -0.2) is 10.9 Å². The van der Waals surface area contributed by atoms with Crippen molar-refractivity contribution in [3.63, 3.8) is 0 Å². The van der Waals surface area contributed by atoms with Gasteiger partial charge in [-0.1, -0.05) is 25.3 Å². The third-order valence-electron chi connectivity index (χ3n) is 4.07. The molecular formula is C16H18N2O. The highest BCUT2D eigenvalue weighted by atomic mass is 16.1. The van der Waals surface area contributed by atoms with Crippen LogP contribution in [0.4, 0.5) is 0 Å². The van der Waals surface area contributed by atoms with Gasteiger partial charge in [0.15, 0.2) is 0 Å². The molecule has 98 valence electrons. The molecule has 0 atom stereocenters. The van der Waals surface area contributed by atoms with Crippen LogP contribution in [0.25, 0.3) is 10.9 Å². The number of hydrogen-bond acceptors (Lipinski definition) is 2. The maximum Gasteiger partial charge on any atom is 0.250 e. The van der Waals surface area contributed by atoms with E-state index in [0.717, 1.165) is 10.9 Å². The molecule has 3 heteroatoms. The second kappa shape index (κ2) is 5.00. The number of carbonyl (C=O) groups excluding carboxylic acids is 1. The van der Waals surface area contributed by atoms with E-state index in [4.69, 9.17) is 5.73 Å². The van der Waals surface area contributed by atoms with Crippen LogP contribution in [0, 0.1) is 0 Å². The minimum Gasteiger partial charge on any atom is -0.366 e. The van der Waals surface area contributed by atoms with E-state index in [9.17, 15) is 4.79 Å². The van der Waals surface area contributed by atoms with Crippen molar-refractivity contribution < 1.29 is 4.79 Å². The fourth-order valence-corrected chi connectivity index (χ4v) is 2.97. The molecule has 0 unspecified atom stereocenters. The van der Waals surface area contributed by atoms with Gasteiger partial charge in [0.2, 0.25) is 5.91 Å². The molecule has 1 aliphatic carbocycles. The zero-order chi connectivity index (χ0) is 13.2. The van der Waals surface area contributed by atoms with Crippen molar-refractivity contribution in [3.05, 3.63) is 41.6 Å². The lowest BCUT2D eigenvalue weighted by molar-refractivity contribution is 0.1000. The van der Waals surface area contributed by atoms with Gasteiger partial charge in [-0.15, -0.1) is 0 Å². The van der Waals surface area contributed by atoms with Crippen molar-refractivity contribution in [3.8, 4) is 0 Å². The Morgan fingerprint density at radius 1 is 1.16 bits per heavy atom. The predicted molar refractivity (Wildman–Crippen MR) is 76.1 cm³/mol. The molecule has 1 fully saturated rings. The van der Waals surface area contributed by atoms with Crippen molar-refractivity contribution in [2.75, 3.05) is 0 Å². The molecule has 0 radical (unpaired) electrons. The Morgan fingerprint density at radius 3 is 2.68 bits per heavy atom. The highest BCUT2D eigenvalue weighted by Gasteiger charge is 2.15. The topological polar surface area (TPSA) is 56.0 Å². The van der Waals surface area contributed by atoms with Crippen molar-refractivity contribution >= 4 is 16.8 Å². The number of hydrogen-bond donors (Lipinski definition) is 1. The molecule has 1 heterocycles. The lowest BCUT2D eigenvalue weighted by Gasteiger charge is -2.22. The average molecular weight is 254 g/mol. The number of primary amides is 1. The quantitative estimate of drug-likeness (QED) is 0.893. The zero-order valence-electron chi connectivity index (χ0n) is 10.9. The Hall–Kier alpha value is -1.90. The summed E-state index contributed by atoms with van der Waals surface area (Å²) in [4.78, 5) is 15.5. The van der Waals surface area contributed by atoms with E-state index in [1.807, 2.05) is 12.1 Å². The summed E-state index contributed by atoms with van der Waals surface area (Å²) in [7, 11) is 0. The van der Waals surface area contributed by atoms with Gasteiger partial charge < -0.3 is 5.73 Å². The Morgan fingerprint density at radius 2 is 1.95 bits per heavy atom. The molecule has 0 bridgehead atoms. The van der Waals surface area contributed by atoms with Crippen LogP contribution in [-0.2, 0) is 0 Å². The van der Waals surface area contributed by atoms with E-state index in [-0.39, 0.29) is 0 Å². The molecule has 1 aromatic carbocycles. The maximum atomic E-state index is 11.2. The molecule has 1 aliphatic rings. The SMILES string of the molecule is NC(=O)c1cnc2ccc(C3CCCCC3)cc2c1. The van der Waals surface area contributed by atoms with E-state index in [1.165, 1.54) is 37.7 Å². The number of fused-ring (bicyclic) bond motifs is 1. The average Bonchev–Trinajstić information content (AvgIpc) is 2.47. The van der Waals surface area contributed by atoms with Crippen LogP contribution in [0.2, 0.25) is 0 Å². The van der Waals surface area contributed by atoms with Crippen molar-refractivity contribution in [2.45, 2.75) is 38.0 Å². The lowest BCUT2D eigenvalue weighted by Crippen LogP contribution is -2.11. The third-order valence-corrected chi connectivity index (χ3v) is 4.07. The van der Waals surface area contributed by atoms with E-state index in [2.05, 4.69) is 17.1 Å². The maximum absolute atomic E-state index is 11.2. The van der Waals surface area contributed by atoms with E-state index < -0.39 is 5.91 Å². The first kappa shape index (κ1) is 12.2. The molecule has 1 saturated carbocycles. The minimum absolute atomic E-state index is 0.419. The van der Waals surface area contributed by atoms with Gasteiger partial charge >= 0.3 is 0 Å². The fraction of sp³-hybridized carbons (Fsp3) is 0.375. The van der Waals surface area contributed by atoms with Crippen molar-refractivity contribution in [1.29, 1.82) is 0 Å². The molecule has 19 heavy (non-hydrogen) atoms. The first-order valence-corrected chi connectivity index (χ1v) is 6.93. The first-order valence-electron chi connectivity index (χ1n) is 6.93. The summed E-state index contributed by atoms with van der Waals surface area (Å²) in [6.07, 6.45) is 8.09. The van der Waals surface area contributed by atoms with E-state index in [1.54, 1.807) is 6.20 Å². The Labute approximate surface area is 112 Å². The number of rotatable bonds is 2. The number of pyridine rings is 1. The number of benzene rings is 1. The largest absolute Gasteiger partial charge is 0.366 e. The smallest absolute Gasteiger partial charge is 0.250 e. The predicted octanol–water partition coefficient (Wildman–Crippen LogP) is 3.38. The Bertz CT molecular complexity index is 615. The highest BCUT2D eigenvalue weighted by molar-refractivity contribution is 5.96. The molecule has 0 saturated heterocycles. The minimum atomic E-state index is -0.419. The summed E-state index contributed by atoms with van der Waals surface area (Å²) in [5, 5.41) is 1.01. The van der Waals surface area contributed by atoms with Crippen LogP contribution in [0.3, 0.4) is 0 Å². The fourth-order valence-electron chi connectivity index (χ4n) is 2.97. The molecule has 2 aromatic rings. The summed E-state index contributed by atoms with van der Waals surface area (Å²) >= 11 is 0. The van der Waals surface area contributed by atoms with Crippen LogP contribution in [0.15, 0.2) is 30.5 Å². The molecule has 0 aliphatic heterocycles. The summed E-state index contributed by atoms with van der Waals surface area (Å²) in [5.41, 5.74) is 8.08. The lowest BCUT2D eigenvalue weighted by atomic mass is 9.84. The van der Waals surface area contributed by atoms with Crippen LogP contribution in [0.5, 0.6) is 0 Å². The van der Waals surface area contributed by atoms with Crippen LogP contribution >= 0.6 is 0 Å². The van der Waals surface area contributed by atoms with Gasteiger partial charge in [0.1, 0.15) is 0 Å². The van der Waals surface area contributed by atoms with Gasteiger partial charge in [-0.3, -0.25) is 9.78 Å². The van der Waals surface area contributed by atoms with Crippen molar-refractivity contribution in [2.24, 2.45) is 5.73 Å². The molecule has 3 rings (SSSR count). The van der Waals surface area contributed by atoms with E-state index in [0.29, 0.717) is 11.5 Å². The Kier molecular flexibility index (Phi) is 3.20. The summed E-state index contributed by atoms with van der Waals surface area (Å²) in [6, 6.07) is 8.24. The summed E-state index contributed by atoms with van der Waals surface area (Å²) in [5.74, 6) is 0.243.